The van der Waals surface area contributed by atoms with Crippen LogP contribution in [0.3, 0.4) is 0 Å². The second-order valence-electron chi connectivity index (χ2n) is 5.52. The lowest BCUT2D eigenvalue weighted by atomic mass is 10.0. The Bertz CT molecular complexity index is 650. The van der Waals surface area contributed by atoms with Crippen LogP contribution in [0.1, 0.15) is 36.7 Å². The number of hydrogen-bond acceptors (Lipinski definition) is 2. The number of furan rings is 1. The van der Waals surface area contributed by atoms with Crippen LogP contribution in [0, 0.1) is 0 Å². The molecule has 4 heteroatoms. The molecule has 1 amide bonds. The molecule has 1 saturated heterocycles. The maximum Gasteiger partial charge on any atom is 0.289 e. The molecule has 0 N–H and O–H groups in total. The number of piperidine rings is 1. The third-order valence-electron chi connectivity index (χ3n) is 3.99. The summed E-state index contributed by atoms with van der Waals surface area (Å²) in [6.45, 7) is 2.91. The Kier molecular flexibility index (Phi) is 4.02. The Balaban J connectivity index is 1.83. The summed E-state index contributed by atoms with van der Waals surface area (Å²) in [6, 6.07) is 11.3. The molecule has 3 rings (SSSR count). The minimum atomic E-state index is -0.0181. The number of likely N-dealkylation sites (tertiary alicyclic amines) is 1. The summed E-state index contributed by atoms with van der Waals surface area (Å²) < 4.78 is 5.74. The Morgan fingerprint density at radius 1 is 1.29 bits per heavy atom. The van der Waals surface area contributed by atoms with Crippen molar-refractivity contribution in [3.63, 3.8) is 0 Å². The number of carbonyl (C=O) groups excluding carboxylic acids is 1. The minimum absolute atomic E-state index is 0.0181. The molecule has 1 aromatic carbocycles. The average Bonchev–Trinajstić information content (AvgIpc) is 2.97. The summed E-state index contributed by atoms with van der Waals surface area (Å²) in [5.74, 6) is 1.06. The molecule has 2 heterocycles. The fraction of sp³-hybridized carbons (Fsp3) is 0.353. The number of halogens is 1. The molecule has 0 aliphatic carbocycles. The van der Waals surface area contributed by atoms with E-state index in [9.17, 15) is 4.79 Å². The highest BCUT2D eigenvalue weighted by molar-refractivity contribution is 6.30. The summed E-state index contributed by atoms with van der Waals surface area (Å²) in [7, 11) is 0. The maximum absolute atomic E-state index is 12.5. The van der Waals surface area contributed by atoms with Crippen molar-refractivity contribution >= 4 is 17.5 Å². The monoisotopic (exact) mass is 303 g/mol. The molecule has 1 aliphatic heterocycles. The first-order valence-corrected chi connectivity index (χ1v) is 7.70. The number of amides is 1. The fourth-order valence-corrected chi connectivity index (χ4v) is 2.98. The van der Waals surface area contributed by atoms with Gasteiger partial charge in [-0.15, -0.1) is 0 Å². The number of benzene rings is 1. The van der Waals surface area contributed by atoms with Gasteiger partial charge in [0.2, 0.25) is 0 Å². The topological polar surface area (TPSA) is 33.5 Å². The van der Waals surface area contributed by atoms with E-state index in [-0.39, 0.29) is 11.9 Å². The van der Waals surface area contributed by atoms with Crippen LogP contribution in [0.15, 0.2) is 40.8 Å². The van der Waals surface area contributed by atoms with Gasteiger partial charge in [0.25, 0.3) is 5.91 Å². The molecule has 0 spiro atoms. The quantitative estimate of drug-likeness (QED) is 0.811. The zero-order valence-corrected chi connectivity index (χ0v) is 12.8. The molecule has 3 nitrogen and oxygen atoms in total. The molecule has 0 radical (unpaired) electrons. The third kappa shape index (κ3) is 2.98. The lowest BCUT2D eigenvalue weighted by molar-refractivity contribution is 0.0604. The SMILES string of the molecule is C[C@@H]1CCCCN1C(=O)c1ccc(-c2cccc(Cl)c2)o1. The Hall–Kier alpha value is -1.74. The molecule has 2 aromatic rings. The molecule has 0 saturated carbocycles. The van der Waals surface area contributed by atoms with E-state index < -0.39 is 0 Å². The molecule has 0 unspecified atom stereocenters. The van der Waals surface area contributed by atoms with Crippen molar-refractivity contribution in [1.29, 1.82) is 0 Å². The van der Waals surface area contributed by atoms with E-state index in [0.29, 0.717) is 16.5 Å². The van der Waals surface area contributed by atoms with E-state index in [1.165, 1.54) is 6.42 Å². The van der Waals surface area contributed by atoms with Crippen LogP contribution in [0.5, 0.6) is 0 Å². The van der Waals surface area contributed by atoms with Crippen LogP contribution in [0.4, 0.5) is 0 Å². The molecule has 0 bridgehead atoms. The number of nitrogens with zero attached hydrogens (tertiary/aromatic N) is 1. The van der Waals surface area contributed by atoms with E-state index in [2.05, 4.69) is 6.92 Å². The van der Waals surface area contributed by atoms with E-state index in [1.807, 2.05) is 35.2 Å². The van der Waals surface area contributed by atoms with E-state index >= 15 is 0 Å². The Labute approximate surface area is 129 Å². The molecular weight excluding hydrogens is 286 g/mol. The van der Waals surface area contributed by atoms with Gasteiger partial charge >= 0.3 is 0 Å². The molecule has 21 heavy (non-hydrogen) atoms. The van der Waals surface area contributed by atoms with E-state index in [1.54, 1.807) is 6.07 Å². The van der Waals surface area contributed by atoms with Gasteiger partial charge in [-0.1, -0.05) is 23.7 Å². The summed E-state index contributed by atoms with van der Waals surface area (Å²) in [6.07, 6.45) is 3.32. The predicted octanol–water partition coefficient (Wildman–Crippen LogP) is 4.61. The van der Waals surface area contributed by atoms with Crippen LogP contribution < -0.4 is 0 Å². The van der Waals surface area contributed by atoms with Gasteiger partial charge in [0, 0.05) is 23.2 Å². The predicted molar refractivity (Wildman–Crippen MR) is 83.5 cm³/mol. The average molecular weight is 304 g/mol. The molecular formula is C17H18ClNO2. The van der Waals surface area contributed by atoms with Crippen molar-refractivity contribution in [2.45, 2.75) is 32.2 Å². The van der Waals surface area contributed by atoms with Crippen LogP contribution >= 0.6 is 11.6 Å². The smallest absolute Gasteiger partial charge is 0.289 e. The largest absolute Gasteiger partial charge is 0.451 e. The Morgan fingerprint density at radius 2 is 2.14 bits per heavy atom. The van der Waals surface area contributed by atoms with Gasteiger partial charge in [-0.25, -0.2) is 0 Å². The lowest BCUT2D eigenvalue weighted by Gasteiger charge is -2.32. The summed E-state index contributed by atoms with van der Waals surface area (Å²) in [5.41, 5.74) is 0.883. The first-order chi connectivity index (χ1) is 10.1. The molecule has 1 fully saturated rings. The van der Waals surface area contributed by atoms with Crippen molar-refractivity contribution in [2.75, 3.05) is 6.54 Å². The fourth-order valence-electron chi connectivity index (χ4n) is 2.79. The van der Waals surface area contributed by atoms with Crippen LogP contribution in [0.2, 0.25) is 5.02 Å². The van der Waals surface area contributed by atoms with Crippen molar-refractivity contribution in [3.05, 3.63) is 47.2 Å². The maximum atomic E-state index is 12.5. The number of hydrogen-bond donors (Lipinski definition) is 0. The zero-order valence-electron chi connectivity index (χ0n) is 12.0. The van der Waals surface area contributed by atoms with Gasteiger partial charge in [0.15, 0.2) is 5.76 Å². The normalized spacial score (nSPS) is 18.8. The minimum Gasteiger partial charge on any atom is -0.451 e. The zero-order chi connectivity index (χ0) is 14.8. The van der Waals surface area contributed by atoms with Crippen LogP contribution in [-0.2, 0) is 0 Å². The standard InChI is InChI=1S/C17H18ClNO2/c1-12-5-2-3-10-19(12)17(20)16-9-8-15(21-16)13-6-4-7-14(18)11-13/h4,6-9,11-12H,2-3,5,10H2,1H3/t12-/m1/s1. The first kappa shape index (κ1) is 14.2. The number of rotatable bonds is 2. The summed E-state index contributed by atoms with van der Waals surface area (Å²) in [4.78, 5) is 14.4. The van der Waals surface area contributed by atoms with Crippen molar-refractivity contribution in [1.82, 2.24) is 4.90 Å². The van der Waals surface area contributed by atoms with Crippen LogP contribution in [0.25, 0.3) is 11.3 Å². The van der Waals surface area contributed by atoms with E-state index in [0.717, 1.165) is 24.9 Å². The highest BCUT2D eigenvalue weighted by Crippen LogP contribution is 2.26. The summed E-state index contributed by atoms with van der Waals surface area (Å²) in [5, 5.41) is 0.654. The Morgan fingerprint density at radius 3 is 2.90 bits per heavy atom. The van der Waals surface area contributed by atoms with Crippen molar-refractivity contribution < 1.29 is 9.21 Å². The molecule has 1 aliphatic rings. The third-order valence-corrected chi connectivity index (χ3v) is 4.22. The molecule has 1 aromatic heterocycles. The van der Waals surface area contributed by atoms with Crippen molar-refractivity contribution in [2.24, 2.45) is 0 Å². The van der Waals surface area contributed by atoms with Crippen molar-refractivity contribution in [3.8, 4) is 11.3 Å². The second-order valence-corrected chi connectivity index (χ2v) is 5.95. The van der Waals surface area contributed by atoms with Crippen LogP contribution in [-0.4, -0.2) is 23.4 Å². The highest BCUT2D eigenvalue weighted by Gasteiger charge is 2.26. The van der Waals surface area contributed by atoms with Gasteiger partial charge in [0.1, 0.15) is 5.76 Å². The first-order valence-electron chi connectivity index (χ1n) is 7.32. The summed E-state index contributed by atoms with van der Waals surface area (Å²) >= 11 is 5.99. The highest BCUT2D eigenvalue weighted by atomic mass is 35.5. The lowest BCUT2D eigenvalue weighted by Crippen LogP contribution is -2.41. The van der Waals surface area contributed by atoms with Gasteiger partial charge in [-0.2, -0.15) is 0 Å². The van der Waals surface area contributed by atoms with E-state index in [4.69, 9.17) is 16.0 Å². The molecule has 1 atom stereocenters. The van der Waals surface area contributed by atoms with Gasteiger partial charge in [-0.05, 0) is 50.5 Å². The van der Waals surface area contributed by atoms with Gasteiger partial charge in [0.05, 0.1) is 0 Å². The van der Waals surface area contributed by atoms with Gasteiger partial charge in [-0.3, -0.25) is 4.79 Å². The molecule has 110 valence electrons. The number of carbonyl (C=O) groups is 1. The second kappa shape index (κ2) is 5.94. The van der Waals surface area contributed by atoms with Gasteiger partial charge < -0.3 is 9.32 Å².